The highest BCUT2D eigenvalue weighted by molar-refractivity contribution is 5.80. The Balaban J connectivity index is 2.07. The third-order valence-electron chi connectivity index (χ3n) is 4.35. The average molecular weight is 290 g/mol. The first-order valence-corrected chi connectivity index (χ1v) is 7.75. The smallest absolute Gasteiger partial charge is 0.224 e. The molecule has 1 amide bonds. The van der Waals surface area contributed by atoms with Gasteiger partial charge in [0.1, 0.15) is 0 Å². The lowest BCUT2D eigenvalue weighted by molar-refractivity contribution is -0.119. The number of rotatable bonds is 5. The fourth-order valence-electron chi connectivity index (χ4n) is 2.80. The normalized spacial score (nSPS) is 25.4. The monoisotopic (exact) mass is 290 g/mol. The predicted octanol–water partition coefficient (Wildman–Crippen LogP) is 2.73. The standard InChI is InChI=1S/C17H26N2O2/c1-4-17(2)12-14(9-10-21-17)19-15-8-6-5-7-13(15)11-16(20)18-3/h5-8,14,19H,4,9-12H2,1-3H3,(H,18,20). The number of carbonyl (C=O) groups excluding carboxylic acids is 1. The molecule has 0 aromatic heterocycles. The van der Waals surface area contributed by atoms with Crippen LogP contribution >= 0.6 is 0 Å². The molecule has 1 fully saturated rings. The minimum atomic E-state index is -0.0361. The van der Waals surface area contributed by atoms with Crippen molar-refractivity contribution < 1.29 is 9.53 Å². The summed E-state index contributed by atoms with van der Waals surface area (Å²) >= 11 is 0. The summed E-state index contributed by atoms with van der Waals surface area (Å²) in [4.78, 5) is 11.6. The van der Waals surface area contributed by atoms with Crippen LogP contribution in [-0.4, -0.2) is 31.2 Å². The highest BCUT2D eigenvalue weighted by Crippen LogP contribution is 2.30. The molecule has 4 nitrogen and oxygen atoms in total. The number of ether oxygens (including phenoxy) is 1. The molecule has 1 aromatic carbocycles. The molecule has 2 N–H and O–H groups in total. The maximum absolute atomic E-state index is 11.6. The van der Waals surface area contributed by atoms with Crippen molar-refractivity contribution in [3.05, 3.63) is 29.8 Å². The highest BCUT2D eigenvalue weighted by Gasteiger charge is 2.31. The molecule has 0 radical (unpaired) electrons. The zero-order valence-corrected chi connectivity index (χ0v) is 13.2. The van der Waals surface area contributed by atoms with Gasteiger partial charge in [0, 0.05) is 25.4 Å². The minimum Gasteiger partial charge on any atom is -0.382 e. The van der Waals surface area contributed by atoms with E-state index in [1.54, 1.807) is 7.05 Å². The maximum Gasteiger partial charge on any atom is 0.224 e. The van der Waals surface area contributed by atoms with E-state index in [0.717, 1.165) is 37.1 Å². The van der Waals surface area contributed by atoms with Crippen molar-refractivity contribution in [1.82, 2.24) is 5.32 Å². The molecule has 0 saturated carbocycles. The highest BCUT2D eigenvalue weighted by atomic mass is 16.5. The van der Waals surface area contributed by atoms with Crippen molar-refractivity contribution in [2.45, 2.75) is 51.2 Å². The number of hydrogen-bond donors (Lipinski definition) is 2. The Labute approximate surface area is 127 Å². The molecule has 1 heterocycles. The fourth-order valence-corrected chi connectivity index (χ4v) is 2.80. The number of hydrogen-bond acceptors (Lipinski definition) is 3. The van der Waals surface area contributed by atoms with Crippen molar-refractivity contribution in [3.8, 4) is 0 Å². The first kappa shape index (κ1) is 15.8. The lowest BCUT2D eigenvalue weighted by atomic mass is 9.89. The fraction of sp³-hybridized carbons (Fsp3) is 0.588. The Kier molecular flexibility index (Phi) is 5.23. The molecule has 2 rings (SSSR count). The first-order valence-electron chi connectivity index (χ1n) is 7.75. The molecule has 0 bridgehead atoms. The Morgan fingerprint density at radius 2 is 2.19 bits per heavy atom. The third-order valence-corrected chi connectivity index (χ3v) is 4.35. The number of amides is 1. The van der Waals surface area contributed by atoms with Crippen LogP contribution in [0.15, 0.2) is 24.3 Å². The van der Waals surface area contributed by atoms with Crippen LogP contribution in [0.2, 0.25) is 0 Å². The van der Waals surface area contributed by atoms with Crippen molar-refractivity contribution in [2.75, 3.05) is 19.0 Å². The molecular weight excluding hydrogens is 264 g/mol. The van der Waals surface area contributed by atoms with Gasteiger partial charge in [0.25, 0.3) is 0 Å². The van der Waals surface area contributed by atoms with Crippen LogP contribution in [0.25, 0.3) is 0 Å². The molecule has 116 valence electrons. The molecular formula is C17H26N2O2. The van der Waals surface area contributed by atoms with E-state index in [1.165, 1.54) is 0 Å². The molecule has 0 spiro atoms. The second-order valence-electron chi connectivity index (χ2n) is 5.99. The molecule has 4 heteroatoms. The van der Waals surface area contributed by atoms with Gasteiger partial charge in [-0.3, -0.25) is 4.79 Å². The third kappa shape index (κ3) is 4.21. The molecule has 2 unspecified atom stereocenters. The molecule has 1 saturated heterocycles. The lowest BCUT2D eigenvalue weighted by Crippen LogP contribution is -2.42. The lowest BCUT2D eigenvalue weighted by Gasteiger charge is -2.38. The summed E-state index contributed by atoms with van der Waals surface area (Å²) in [6, 6.07) is 8.44. The van der Waals surface area contributed by atoms with Gasteiger partial charge >= 0.3 is 0 Å². The number of nitrogens with one attached hydrogen (secondary N) is 2. The summed E-state index contributed by atoms with van der Waals surface area (Å²) in [6.07, 6.45) is 3.43. The number of benzene rings is 1. The van der Waals surface area contributed by atoms with Gasteiger partial charge < -0.3 is 15.4 Å². The van der Waals surface area contributed by atoms with Crippen LogP contribution in [-0.2, 0) is 16.0 Å². The first-order chi connectivity index (χ1) is 10.1. The summed E-state index contributed by atoms with van der Waals surface area (Å²) in [5, 5.41) is 6.29. The van der Waals surface area contributed by atoms with Crippen LogP contribution in [0.1, 0.15) is 38.7 Å². The number of anilines is 1. The Morgan fingerprint density at radius 1 is 1.43 bits per heavy atom. The largest absolute Gasteiger partial charge is 0.382 e. The zero-order valence-electron chi connectivity index (χ0n) is 13.2. The number of likely N-dealkylation sites (N-methyl/N-ethyl adjacent to an activating group) is 1. The van der Waals surface area contributed by atoms with E-state index in [4.69, 9.17) is 4.74 Å². The van der Waals surface area contributed by atoms with Crippen molar-refractivity contribution in [3.63, 3.8) is 0 Å². The maximum atomic E-state index is 11.6. The molecule has 1 aliphatic heterocycles. The summed E-state index contributed by atoms with van der Waals surface area (Å²) < 4.78 is 5.89. The Morgan fingerprint density at radius 3 is 2.90 bits per heavy atom. The van der Waals surface area contributed by atoms with Crippen molar-refractivity contribution in [1.29, 1.82) is 0 Å². The quantitative estimate of drug-likeness (QED) is 0.876. The van der Waals surface area contributed by atoms with Crippen LogP contribution in [0.4, 0.5) is 5.69 Å². The molecule has 1 aliphatic rings. The molecule has 21 heavy (non-hydrogen) atoms. The van der Waals surface area contributed by atoms with E-state index < -0.39 is 0 Å². The average Bonchev–Trinajstić information content (AvgIpc) is 2.49. The zero-order chi connectivity index (χ0) is 15.3. The second kappa shape index (κ2) is 6.94. The van der Waals surface area contributed by atoms with E-state index >= 15 is 0 Å². The summed E-state index contributed by atoms with van der Waals surface area (Å²) in [5.41, 5.74) is 2.07. The summed E-state index contributed by atoms with van der Waals surface area (Å²) in [7, 11) is 1.67. The van der Waals surface area contributed by atoms with Gasteiger partial charge in [0.05, 0.1) is 12.0 Å². The van der Waals surface area contributed by atoms with E-state index in [9.17, 15) is 4.79 Å². The minimum absolute atomic E-state index is 0.0361. The Bertz CT molecular complexity index is 489. The van der Waals surface area contributed by atoms with E-state index in [1.807, 2.05) is 18.2 Å². The van der Waals surface area contributed by atoms with Crippen LogP contribution in [0.3, 0.4) is 0 Å². The van der Waals surface area contributed by atoms with E-state index in [0.29, 0.717) is 12.5 Å². The van der Waals surface area contributed by atoms with Gasteiger partial charge in [-0.15, -0.1) is 0 Å². The number of carbonyl (C=O) groups is 1. The molecule has 0 aliphatic carbocycles. The van der Waals surface area contributed by atoms with Crippen LogP contribution in [0, 0.1) is 0 Å². The molecule has 2 atom stereocenters. The van der Waals surface area contributed by atoms with Crippen LogP contribution in [0.5, 0.6) is 0 Å². The van der Waals surface area contributed by atoms with Gasteiger partial charge in [0.2, 0.25) is 5.91 Å². The van der Waals surface area contributed by atoms with Gasteiger partial charge in [-0.25, -0.2) is 0 Å². The van der Waals surface area contributed by atoms with Crippen molar-refractivity contribution >= 4 is 11.6 Å². The van der Waals surface area contributed by atoms with Gasteiger partial charge in [-0.1, -0.05) is 25.1 Å². The Hall–Kier alpha value is -1.55. The van der Waals surface area contributed by atoms with Crippen molar-refractivity contribution in [2.24, 2.45) is 0 Å². The topological polar surface area (TPSA) is 50.4 Å². The van der Waals surface area contributed by atoms with Gasteiger partial charge in [-0.2, -0.15) is 0 Å². The van der Waals surface area contributed by atoms with Crippen LogP contribution < -0.4 is 10.6 Å². The predicted molar refractivity (Wildman–Crippen MR) is 85.5 cm³/mol. The summed E-state index contributed by atoms with van der Waals surface area (Å²) in [5.74, 6) is 0.0367. The second-order valence-corrected chi connectivity index (χ2v) is 5.99. The summed E-state index contributed by atoms with van der Waals surface area (Å²) in [6.45, 7) is 5.14. The SMILES string of the molecule is CCC1(C)CC(Nc2ccccc2CC(=O)NC)CCO1. The van der Waals surface area contributed by atoms with Gasteiger partial charge in [0.15, 0.2) is 0 Å². The van der Waals surface area contributed by atoms with E-state index in [-0.39, 0.29) is 11.5 Å². The molecule has 1 aromatic rings. The number of para-hydroxylation sites is 1. The van der Waals surface area contributed by atoms with E-state index in [2.05, 4.69) is 30.5 Å². The van der Waals surface area contributed by atoms with Gasteiger partial charge in [-0.05, 0) is 37.8 Å².